The van der Waals surface area contributed by atoms with Gasteiger partial charge in [-0.2, -0.15) is 0 Å². The molecule has 2 aromatic rings. The van der Waals surface area contributed by atoms with Crippen LogP contribution in [0.1, 0.15) is 36.8 Å². The molecule has 0 amide bonds. The Morgan fingerprint density at radius 3 is 1.96 bits per heavy atom. The lowest BCUT2D eigenvalue weighted by molar-refractivity contribution is -0.112. The first kappa shape index (κ1) is 15.9. The van der Waals surface area contributed by atoms with Crippen LogP contribution >= 0.6 is 0 Å². The minimum absolute atomic E-state index is 0.239. The van der Waals surface area contributed by atoms with E-state index in [1.807, 2.05) is 0 Å². The standard InChI is InChI=1S/C21H25NO/c23-17-20-12-7-13-21(14-20)22(15-18-8-3-1-4-9-18)16-19-10-5-2-6-11-19/h1-6,8-11,17,20-21H,7,12-16H2. The molecule has 2 nitrogen and oxygen atoms in total. The molecule has 0 spiro atoms. The van der Waals surface area contributed by atoms with Gasteiger partial charge in [-0.15, -0.1) is 0 Å². The molecule has 23 heavy (non-hydrogen) atoms. The summed E-state index contributed by atoms with van der Waals surface area (Å²) in [5.41, 5.74) is 2.69. The maximum atomic E-state index is 11.2. The lowest BCUT2D eigenvalue weighted by atomic mass is 9.85. The molecule has 1 fully saturated rings. The smallest absolute Gasteiger partial charge is 0.123 e. The third-order valence-electron chi connectivity index (χ3n) is 4.85. The van der Waals surface area contributed by atoms with Crippen molar-refractivity contribution >= 4 is 6.29 Å². The summed E-state index contributed by atoms with van der Waals surface area (Å²) in [5.74, 6) is 0.239. The molecule has 2 heteroatoms. The van der Waals surface area contributed by atoms with Crippen molar-refractivity contribution in [2.75, 3.05) is 0 Å². The third-order valence-corrected chi connectivity index (χ3v) is 4.85. The van der Waals surface area contributed by atoms with Gasteiger partial charge in [0.1, 0.15) is 6.29 Å². The minimum Gasteiger partial charge on any atom is -0.303 e. The van der Waals surface area contributed by atoms with Crippen LogP contribution in [-0.4, -0.2) is 17.2 Å². The van der Waals surface area contributed by atoms with E-state index in [-0.39, 0.29) is 5.92 Å². The Kier molecular flexibility index (Phi) is 5.60. The number of nitrogens with zero attached hydrogens (tertiary/aromatic N) is 1. The van der Waals surface area contributed by atoms with Gasteiger partial charge in [0, 0.05) is 25.0 Å². The predicted molar refractivity (Wildman–Crippen MR) is 93.9 cm³/mol. The fourth-order valence-electron chi connectivity index (χ4n) is 3.61. The first-order valence-electron chi connectivity index (χ1n) is 8.62. The molecule has 0 bridgehead atoms. The molecule has 0 aliphatic heterocycles. The highest BCUT2D eigenvalue weighted by Crippen LogP contribution is 2.28. The summed E-state index contributed by atoms with van der Waals surface area (Å²) in [6, 6.07) is 21.8. The van der Waals surface area contributed by atoms with E-state index in [4.69, 9.17) is 0 Å². The largest absolute Gasteiger partial charge is 0.303 e. The van der Waals surface area contributed by atoms with Gasteiger partial charge in [0.15, 0.2) is 0 Å². The number of carbonyl (C=O) groups is 1. The first-order chi connectivity index (χ1) is 11.3. The van der Waals surface area contributed by atoms with Crippen molar-refractivity contribution in [1.82, 2.24) is 4.90 Å². The highest BCUT2D eigenvalue weighted by Gasteiger charge is 2.26. The Hall–Kier alpha value is -1.93. The zero-order valence-corrected chi connectivity index (χ0v) is 13.6. The Morgan fingerprint density at radius 2 is 1.43 bits per heavy atom. The van der Waals surface area contributed by atoms with Gasteiger partial charge in [0.05, 0.1) is 0 Å². The fourth-order valence-corrected chi connectivity index (χ4v) is 3.61. The third kappa shape index (κ3) is 4.52. The fraction of sp³-hybridized carbons (Fsp3) is 0.381. The van der Waals surface area contributed by atoms with Crippen molar-refractivity contribution in [3.63, 3.8) is 0 Å². The summed E-state index contributed by atoms with van der Waals surface area (Å²) < 4.78 is 0. The normalized spacial score (nSPS) is 21.3. The van der Waals surface area contributed by atoms with Gasteiger partial charge < -0.3 is 4.79 Å². The molecule has 1 saturated carbocycles. The van der Waals surface area contributed by atoms with Crippen LogP contribution in [0.3, 0.4) is 0 Å². The molecule has 0 saturated heterocycles. The molecule has 0 aromatic heterocycles. The molecule has 2 unspecified atom stereocenters. The van der Waals surface area contributed by atoms with Crippen molar-refractivity contribution in [2.45, 2.75) is 44.8 Å². The maximum Gasteiger partial charge on any atom is 0.123 e. The van der Waals surface area contributed by atoms with Gasteiger partial charge in [-0.3, -0.25) is 4.90 Å². The molecule has 0 N–H and O–H groups in total. The van der Waals surface area contributed by atoms with Crippen molar-refractivity contribution in [3.8, 4) is 0 Å². The summed E-state index contributed by atoms with van der Waals surface area (Å²) in [4.78, 5) is 13.8. The summed E-state index contributed by atoms with van der Waals surface area (Å²) >= 11 is 0. The number of rotatable bonds is 6. The van der Waals surface area contributed by atoms with E-state index in [1.54, 1.807) is 0 Å². The van der Waals surface area contributed by atoms with Crippen LogP contribution in [0.15, 0.2) is 60.7 Å². The zero-order valence-electron chi connectivity index (χ0n) is 13.6. The SMILES string of the molecule is O=CC1CCCC(N(Cc2ccccc2)Cc2ccccc2)C1. The summed E-state index contributed by atoms with van der Waals surface area (Å²) in [6.07, 6.45) is 5.58. The second-order valence-electron chi connectivity index (χ2n) is 6.59. The van der Waals surface area contributed by atoms with Gasteiger partial charge >= 0.3 is 0 Å². The number of hydrogen-bond acceptors (Lipinski definition) is 2. The van der Waals surface area contributed by atoms with E-state index >= 15 is 0 Å². The van der Waals surface area contributed by atoms with E-state index in [1.165, 1.54) is 17.5 Å². The number of hydrogen-bond donors (Lipinski definition) is 0. The van der Waals surface area contributed by atoms with Crippen LogP contribution in [0.25, 0.3) is 0 Å². The van der Waals surface area contributed by atoms with Crippen molar-refractivity contribution in [2.24, 2.45) is 5.92 Å². The Morgan fingerprint density at radius 1 is 0.870 bits per heavy atom. The van der Waals surface area contributed by atoms with Crippen molar-refractivity contribution < 1.29 is 4.79 Å². The predicted octanol–water partition coefficient (Wildman–Crippen LogP) is 4.45. The van der Waals surface area contributed by atoms with Gasteiger partial charge in [-0.25, -0.2) is 0 Å². The lowest BCUT2D eigenvalue weighted by Gasteiger charge is -2.36. The molecule has 3 rings (SSSR count). The van der Waals surface area contributed by atoms with Crippen LogP contribution in [0.4, 0.5) is 0 Å². The average molecular weight is 307 g/mol. The average Bonchev–Trinajstić information content (AvgIpc) is 2.63. The van der Waals surface area contributed by atoms with Gasteiger partial charge in [0.25, 0.3) is 0 Å². The second-order valence-corrected chi connectivity index (χ2v) is 6.59. The number of carbonyl (C=O) groups excluding carboxylic acids is 1. The van der Waals surface area contributed by atoms with Crippen LogP contribution in [0.2, 0.25) is 0 Å². The monoisotopic (exact) mass is 307 g/mol. The molecule has 1 aliphatic carbocycles. The van der Waals surface area contributed by atoms with Crippen LogP contribution in [0.5, 0.6) is 0 Å². The Labute approximate surface area is 139 Å². The van der Waals surface area contributed by atoms with Gasteiger partial charge in [0.2, 0.25) is 0 Å². The highest BCUT2D eigenvalue weighted by molar-refractivity contribution is 5.53. The molecule has 2 aromatic carbocycles. The highest BCUT2D eigenvalue weighted by atomic mass is 16.1. The van der Waals surface area contributed by atoms with E-state index in [9.17, 15) is 4.79 Å². The summed E-state index contributed by atoms with van der Waals surface area (Å²) in [5, 5.41) is 0. The van der Waals surface area contributed by atoms with E-state index in [0.29, 0.717) is 6.04 Å². The minimum atomic E-state index is 0.239. The van der Waals surface area contributed by atoms with Crippen LogP contribution in [-0.2, 0) is 17.9 Å². The first-order valence-corrected chi connectivity index (χ1v) is 8.62. The molecule has 1 aliphatic rings. The summed E-state index contributed by atoms with van der Waals surface area (Å²) in [7, 11) is 0. The van der Waals surface area contributed by atoms with E-state index < -0.39 is 0 Å². The molecular formula is C21H25NO. The quantitative estimate of drug-likeness (QED) is 0.735. The molecular weight excluding hydrogens is 282 g/mol. The zero-order chi connectivity index (χ0) is 15.9. The van der Waals surface area contributed by atoms with E-state index in [0.717, 1.165) is 38.6 Å². The van der Waals surface area contributed by atoms with Gasteiger partial charge in [-0.05, 0) is 30.4 Å². The van der Waals surface area contributed by atoms with Crippen LogP contribution in [0, 0.1) is 5.92 Å². The topological polar surface area (TPSA) is 20.3 Å². The number of aldehydes is 1. The van der Waals surface area contributed by atoms with Gasteiger partial charge in [-0.1, -0.05) is 67.1 Å². The Balaban J connectivity index is 1.76. The van der Waals surface area contributed by atoms with E-state index in [2.05, 4.69) is 65.6 Å². The summed E-state index contributed by atoms with van der Waals surface area (Å²) in [6.45, 7) is 1.90. The second kappa shape index (κ2) is 8.07. The van der Waals surface area contributed by atoms with Crippen molar-refractivity contribution in [3.05, 3.63) is 71.8 Å². The lowest BCUT2D eigenvalue weighted by Crippen LogP contribution is -2.38. The van der Waals surface area contributed by atoms with Crippen LogP contribution < -0.4 is 0 Å². The maximum absolute atomic E-state index is 11.2. The Bertz CT molecular complexity index is 554. The molecule has 0 heterocycles. The molecule has 2 atom stereocenters. The molecule has 0 radical (unpaired) electrons. The number of benzene rings is 2. The molecule has 120 valence electrons. The van der Waals surface area contributed by atoms with Crippen molar-refractivity contribution in [1.29, 1.82) is 0 Å².